The molecule has 0 saturated heterocycles. The second-order valence-electron chi connectivity index (χ2n) is 6.20. The predicted octanol–water partition coefficient (Wildman–Crippen LogP) is 4.38. The minimum atomic E-state index is -0.397. The monoisotopic (exact) mass is 380 g/mol. The maximum absolute atomic E-state index is 13.1. The summed E-state index contributed by atoms with van der Waals surface area (Å²) in [5.74, 6) is 0.470. The topological polar surface area (TPSA) is 77.5 Å². The van der Waals surface area contributed by atoms with Crippen LogP contribution >= 0.6 is 0 Å². The lowest BCUT2D eigenvalue weighted by Crippen LogP contribution is -2.23. The number of oxazole rings is 1. The van der Waals surface area contributed by atoms with E-state index in [1.807, 2.05) is 31.2 Å². The lowest BCUT2D eigenvalue weighted by atomic mass is 10.1. The molecule has 0 spiro atoms. The van der Waals surface area contributed by atoms with E-state index in [2.05, 4.69) is 10.3 Å². The number of fused-ring (bicyclic) bond motifs is 1. The third-order valence-electron chi connectivity index (χ3n) is 4.29. The van der Waals surface area contributed by atoms with Crippen molar-refractivity contribution in [3.8, 4) is 5.75 Å². The molecule has 0 unspecified atom stereocenters. The van der Waals surface area contributed by atoms with Gasteiger partial charge in [-0.2, -0.15) is 0 Å². The van der Waals surface area contributed by atoms with Crippen molar-refractivity contribution in [3.05, 3.63) is 83.5 Å². The third-order valence-corrected chi connectivity index (χ3v) is 4.29. The molecular formula is C21H17FN2O4. The van der Waals surface area contributed by atoms with E-state index < -0.39 is 5.82 Å². The number of para-hydroxylation sites is 1. The number of rotatable bonds is 6. The quantitative estimate of drug-likeness (QED) is 0.537. The Morgan fingerprint density at radius 2 is 2.07 bits per heavy atom. The number of halogens is 1. The van der Waals surface area contributed by atoms with Crippen LogP contribution in [0.1, 0.15) is 27.7 Å². The van der Waals surface area contributed by atoms with Gasteiger partial charge >= 0.3 is 0 Å². The van der Waals surface area contributed by atoms with E-state index in [1.54, 1.807) is 12.1 Å². The molecule has 1 N–H and O–H groups in total. The molecule has 6 nitrogen and oxygen atoms in total. The van der Waals surface area contributed by atoms with Crippen molar-refractivity contribution in [1.82, 2.24) is 10.3 Å². The maximum Gasteiger partial charge on any atom is 0.273 e. The molecule has 0 fully saturated rings. The first-order chi connectivity index (χ1) is 13.6. The Bertz CT molecular complexity index is 1130. The van der Waals surface area contributed by atoms with Gasteiger partial charge in [0.15, 0.2) is 12.3 Å². The number of hydrogen-bond donors (Lipinski definition) is 1. The van der Waals surface area contributed by atoms with Crippen molar-refractivity contribution in [2.75, 3.05) is 0 Å². The maximum atomic E-state index is 13.1. The van der Waals surface area contributed by atoms with Crippen LogP contribution in [-0.2, 0) is 13.2 Å². The van der Waals surface area contributed by atoms with Gasteiger partial charge in [0, 0.05) is 17.0 Å². The van der Waals surface area contributed by atoms with Crippen LogP contribution in [0.25, 0.3) is 11.0 Å². The minimum absolute atomic E-state index is 0.0145. The second-order valence-corrected chi connectivity index (χ2v) is 6.20. The number of nitrogens with one attached hydrogen (secondary N) is 1. The number of furan rings is 1. The van der Waals surface area contributed by atoms with Gasteiger partial charge in [-0.05, 0) is 25.1 Å². The highest BCUT2D eigenvalue weighted by Crippen LogP contribution is 2.24. The molecule has 0 aliphatic heterocycles. The molecule has 1 amide bonds. The molecule has 2 aromatic carbocycles. The Morgan fingerprint density at radius 3 is 2.89 bits per heavy atom. The van der Waals surface area contributed by atoms with Crippen LogP contribution in [0.4, 0.5) is 4.39 Å². The molecule has 2 aromatic heterocycles. The minimum Gasteiger partial charge on any atom is -0.484 e. The molecule has 0 aliphatic rings. The number of aromatic nitrogens is 1. The summed E-state index contributed by atoms with van der Waals surface area (Å²) in [6, 6.07) is 13.4. The van der Waals surface area contributed by atoms with Crippen LogP contribution in [-0.4, -0.2) is 10.9 Å². The SMILES string of the molecule is Cc1c(CNC(=O)c2coc(COc3cccc(F)c3)n2)oc2ccccc12. The van der Waals surface area contributed by atoms with Crippen LogP contribution in [0.5, 0.6) is 5.75 Å². The average molecular weight is 380 g/mol. The molecule has 2 heterocycles. The number of ether oxygens (including phenoxy) is 1. The van der Waals surface area contributed by atoms with E-state index in [0.29, 0.717) is 11.5 Å². The van der Waals surface area contributed by atoms with E-state index in [0.717, 1.165) is 16.5 Å². The molecule has 0 bridgehead atoms. The Hall–Kier alpha value is -3.61. The van der Waals surface area contributed by atoms with Crippen LogP contribution < -0.4 is 10.1 Å². The van der Waals surface area contributed by atoms with Crippen molar-refractivity contribution < 1.29 is 22.8 Å². The normalized spacial score (nSPS) is 10.9. The summed E-state index contributed by atoms with van der Waals surface area (Å²) in [4.78, 5) is 16.4. The number of benzene rings is 2. The van der Waals surface area contributed by atoms with Gasteiger partial charge in [0.25, 0.3) is 5.91 Å². The van der Waals surface area contributed by atoms with E-state index >= 15 is 0 Å². The fourth-order valence-corrected chi connectivity index (χ4v) is 2.83. The number of aryl methyl sites for hydroxylation is 1. The molecule has 7 heteroatoms. The highest BCUT2D eigenvalue weighted by Gasteiger charge is 2.15. The Morgan fingerprint density at radius 1 is 1.21 bits per heavy atom. The van der Waals surface area contributed by atoms with Gasteiger partial charge in [0.1, 0.15) is 29.2 Å². The second kappa shape index (κ2) is 7.56. The average Bonchev–Trinajstić information content (AvgIpc) is 3.30. The van der Waals surface area contributed by atoms with Crippen molar-refractivity contribution in [1.29, 1.82) is 0 Å². The van der Waals surface area contributed by atoms with Gasteiger partial charge in [-0.3, -0.25) is 4.79 Å². The highest BCUT2D eigenvalue weighted by atomic mass is 19.1. The zero-order chi connectivity index (χ0) is 19.5. The Labute approximate surface area is 159 Å². The van der Waals surface area contributed by atoms with Crippen LogP contribution in [0, 0.1) is 12.7 Å². The molecule has 0 radical (unpaired) electrons. The number of hydrogen-bond acceptors (Lipinski definition) is 5. The summed E-state index contributed by atoms with van der Waals surface area (Å²) in [6.45, 7) is 2.17. The molecule has 4 rings (SSSR count). The lowest BCUT2D eigenvalue weighted by molar-refractivity contribution is 0.0943. The molecule has 0 aliphatic carbocycles. The molecular weight excluding hydrogens is 363 g/mol. The molecule has 0 atom stereocenters. The standard InChI is InChI=1S/C21H17FN2O4/c1-13-16-7-2-3-8-18(16)28-19(13)10-23-21(25)17-11-27-20(24-17)12-26-15-6-4-5-14(22)9-15/h2-9,11H,10,12H2,1H3,(H,23,25). The third kappa shape index (κ3) is 3.73. The van der Waals surface area contributed by atoms with Crippen molar-refractivity contribution >= 4 is 16.9 Å². The van der Waals surface area contributed by atoms with Crippen molar-refractivity contribution in [2.24, 2.45) is 0 Å². The van der Waals surface area contributed by atoms with E-state index in [9.17, 15) is 9.18 Å². The van der Waals surface area contributed by atoms with E-state index in [4.69, 9.17) is 13.6 Å². The summed E-state index contributed by atoms with van der Waals surface area (Å²) >= 11 is 0. The zero-order valence-electron chi connectivity index (χ0n) is 15.1. The Balaban J connectivity index is 1.36. The number of carbonyl (C=O) groups excluding carboxylic acids is 1. The molecule has 142 valence electrons. The summed E-state index contributed by atoms with van der Waals surface area (Å²) in [6.07, 6.45) is 1.26. The predicted molar refractivity (Wildman–Crippen MR) is 99.4 cm³/mol. The molecule has 4 aromatic rings. The van der Waals surface area contributed by atoms with Gasteiger partial charge in [-0.1, -0.05) is 24.3 Å². The number of carbonyl (C=O) groups is 1. The summed E-state index contributed by atoms with van der Waals surface area (Å²) in [5, 5.41) is 3.78. The number of nitrogens with zero attached hydrogens (tertiary/aromatic N) is 1. The number of amides is 1. The van der Waals surface area contributed by atoms with E-state index in [1.165, 1.54) is 18.4 Å². The molecule has 28 heavy (non-hydrogen) atoms. The fourth-order valence-electron chi connectivity index (χ4n) is 2.83. The Kier molecular flexibility index (Phi) is 4.80. The highest BCUT2D eigenvalue weighted by molar-refractivity contribution is 5.92. The van der Waals surface area contributed by atoms with Gasteiger partial charge in [0.2, 0.25) is 5.89 Å². The summed E-state index contributed by atoms with van der Waals surface area (Å²) in [7, 11) is 0. The first-order valence-corrected chi connectivity index (χ1v) is 8.68. The zero-order valence-corrected chi connectivity index (χ0v) is 15.1. The lowest BCUT2D eigenvalue weighted by Gasteiger charge is -2.03. The van der Waals surface area contributed by atoms with Crippen LogP contribution in [0.3, 0.4) is 0 Å². The van der Waals surface area contributed by atoms with Gasteiger partial charge in [-0.15, -0.1) is 0 Å². The molecule has 0 saturated carbocycles. The van der Waals surface area contributed by atoms with Gasteiger partial charge in [-0.25, -0.2) is 9.37 Å². The van der Waals surface area contributed by atoms with Crippen molar-refractivity contribution in [3.63, 3.8) is 0 Å². The van der Waals surface area contributed by atoms with Gasteiger partial charge in [0.05, 0.1) is 6.54 Å². The van der Waals surface area contributed by atoms with E-state index in [-0.39, 0.29) is 30.6 Å². The first kappa shape index (κ1) is 17.8. The smallest absolute Gasteiger partial charge is 0.273 e. The first-order valence-electron chi connectivity index (χ1n) is 8.68. The summed E-state index contributed by atoms with van der Waals surface area (Å²) in [5.41, 5.74) is 1.90. The van der Waals surface area contributed by atoms with Crippen LogP contribution in [0.15, 0.2) is 63.6 Å². The largest absolute Gasteiger partial charge is 0.484 e. The van der Waals surface area contributed by atoms with Gasteiger partial charge < -0.3 is 18.9 Å². The van der Waals surface area contributed by atoms with Crippen molar-refractivity contribution in [2.45, 2.75) is 20.1 Å². The summed E-state index contributed by atoms with van der Waals surface area (Å²) < 4.78 is 29.6. The van der Waals surface area contributed by atoms with Crippen LogP contribution in [0.2, 0.25) is 0 Å². The fraction of sp³-hybridized carbons (Fsp3) is 0.143.